The molecule has 0 unspecified atom stereocenters. The highest BCUT2D eigenvalue weighted by Crippen LogP contribution is 2.48. The molecule has 8 heteroatoms. The van der Waals surface area contributed by atoms with E-state index in [0.717, 1.165) is 38.2 Å². The third kappa shape index (κ3) is 3.86. The highest BCUT2D eigenvalue weighted by atomic mass is 79.9. The number of rotatable bonds is 4. The van der Waals surface area contributed by atoms with E-state index >= 15 is 0 Å². The molecule has 3 aliphatic rings. The molecule has 0 radical (unpaired) electrons. The first kappa shape index (κ1) is 22.8. The van der Waals surface area contributed by atoms with E-state index in [4.69, 9.17) is 18.9 Å². The fourth-order valence-corrected chi connectivity index (χ4v) is 5.77. The summed E-state index contributed by atoms with van der Waals surface area (Å²) in [7, 11) is 3.24. The number of anilines is 2. The summed E-state index contributed by atoms with van der Waals surface area (Å²) in [5.74, 6) is 2.80. The number of hydrogen-bond donors (Lipinski definition) is 2. The lowest BCUT2D eigenvalue weighted by atomic mass is 9.78. The lowest BCUT2D eigenvalue weighted by Gasteiger charge is -2.30. The second-order valence-electron chi connectivity index (χ2n) is 9.01. The van der Waals surface area contributed by atoms with Gasteiger partial charge < -0.3 is 29.6 Å². The molecule has 3 aromatic rings. The van der Waals surface area contributed by atoms with Crippen molar-refractivity contribution in [2.45, 2.75) is 24.8 Å². The van der Waals surface area contributed by atoms with Crippen LogP contribution in [0.15, 0.2) is 70.3 Å². The van der Waals surface area contributed by atoms with Crippen molar-refractivity contribution >= 4 is 33.1 Å². The fraction of sp³-hybridized carbons (Fsp3) is 0.250. The van der Waals surface area contributed by atoms with Crippen LogP contribution in [0.1, 0.15) is 35.9 Å². The van der Waals surface area contributed by atoms with Crippen molar-refractivity contribution in [2.75, 3.05) is 31.6 Å². The van der Waals surface area contributed by atoms with E-state index in [1.807, 2.05) is 54.6 Å². The second-order valence-corrected chi connectivity index (χ2v) is 9.86. The minimum atomic E-state index is -0.362. The average Bonchev–Trinajstić information content (AvgIpc) is 3.27. The van der Waals surface area contributed by atoms with Gasteiger partial charge in [0.1, 0.15) is 0 Å². The predicted octanol–water partition coefficient (Wildman–Crippen LogP) is 6.17. The van der Waals surface area contributed by atoms with Crippen LogP contribution >= 0.6 is 15.9 Å². The molecule has 184 valence electrons. The molecule has 0 spiro atoms. The summed E-state index contributed by atoms with van der Waals surface area (Å²) in [4.78, 5) is 13.9. The molecule has 0 bridgehead atoms. The van der Waals surface area contributed by atoms with Crippen LogP contribution in [0, 0.1) is 0 Å². The van der Waals surface area contributed by atoms with E-state index in [0.29, 0.717) is 35.8 Å². The summed E-state index contributed by atoms with van der Waals surface area (Å²) in [6.45, 7) is 0.188. The molecule has 2 aliphatic heterocycles. The number of halogens is 1. The molecule has 2 atom stereocenters. The van der Waals surface area contributed by atoms with Gasteiger partial charge in [-0.15, -0.1) is 0 Å². The Balaban J connectivity index is 1.45. The van der Waals surface area contributed by atoms with Crippen LogP contribution in [0.3, 0.4) is 0 Å². The SMILES string of the molecule is COc1ccc([C@@H]2CC(=O)C3=C(C2)Nc2ccccc2N[C@@H]3c2cc3c(cc2Br)OCO3)cc1OC. The Morgan fingerprint density at radius 1 is 0.917 bits per heavy atom. The Labute approximate surface area is 217 Å². The first-order valence-corrected chi connectivity index (χ1v) is 12.5. The van der Waals surface area contributed by atoms with Gasteiger partial charge in [-0.05, 0) is 59.9 Å². The summed E-state index contributed by atoms with van der Waals surface area (Å²) in [5, 5.41) is 7.20. The Hall–Kier alpha value is -3.65. The Bertz CT molecular complexity index is 1400. The lowest BCUT2D eigenvalue weighted by molar-refractivity contribution is -0.116. The van der Waals surface area contributed by atoms with E-state index in [1.54, 1.807) is 14.2 Å². The number of methoxy groups -OCH3 is 2. The van der Waals surface area contributed by atoms with Crippen LogP contribution in [-0.2, 0) is 4.79 Å². The number of ether oxygens (including phenoxy) is 4. The first-order valence-electron chi connectivity index (χ1n) is 11.8. The number of carbonyl (C=O) groups is 1. The van der Waals surface area contributed by atoms with E-state index in [2.05, 4.69) is 26.6 Å². The van der Waals surface area contributed by atoms with Crippen LogP contribution in [0.5, 0.6) is 23.0 Å². The van der Waals surface area contributed by atoms with Gasteiger partial charge in [0, 0.05) is 22.2 Å². The molecule has 0 saturated carbocycles. The third-order valence-corrected chi connectivity index (χ3v) is 7.68. The van der Waals surface area contributed by atoms with Crippen LogP contribution in [0.2, 0.25) is 0 Å². The van der Waals surface area contributed by atoms with Crippen LogP contribution < -0.4 is 29.6 Å². The molecule has 1 aliphatic carbocycles. The normalized spacial score (nSPS) is 20.0. The van der Waals surface area contributed by atoms with Crippen molar-refractivity contribution in [3.63, 3.8) is 0 Å². The third-order valence-electron chi connectivity index (χ3n) is 6.99. The van der Waals surface area contributed by atoms with Crippen LogP contribution in [-0.4, -0.2) is 26.8 Å². The van der Waals surface area contributed by atoms with Gasteiger partial charge in [0.25, 0.3) is 0 Å². The molecule has 6 rings (SSSR count). The zero-order valence-corrected chi connectivity index (χ0v) is 21.5. The topological polar surface area (TPSA) is 78.1 Å². The molecule has 36 heavy (non-hydrogen) atoms. The van der Waals surface area contributed by atoms with E-state index in [1.165, 1.54) is 0 Å². The number of allylic oxidation sites excluding steroid dienone is 1. The van der Waals surface area contributed by atoms with Crippen LogP contribution in [0.25, 0.3) is 0 Å². The Morgan fingerprint density at radius 3 is 2.44 bits per heavy atom. The van der Waals surface area contributed by atoms with Crippen molar-refractivity contribution in [3.8, 4) is 23.0 Å². The maximum absolute atomic E-state index is 13.9. The molecule has 0 saturated heterocycles. The molecule has 2 heterocycles. The number of ketones is 1. The van der Waals surface area contributed by atoms with Gasteiger partial charge in [-0.2, -0.15) is 0 Å². The average molecular weight is 549 g/mol. The minimum absolute atomic E-state index is 0.00895. The highest BCUT2D eigenvalue weighted by molar-refractivity contribution is 9.10. The molecule has 0 fully saturated rings. The van der Waals surface area contributed by atoms with Crippen molar-refractivity contribution < 1.29 is 23.7 Å². The summed E-state index contributed by atoms with van der Waals surface area (Å²) in [6.07, 6.45) is 1.08. The number of carbonyl (C=O) groups excluding carboxylic acids is 1. The Kier molecular flexibility index (Phi) is 5.76. The van der Waals surface area contributed by atoms with E-state index < -0.39 is 0 Å². The molecule has 3 aromatic carbocycles. The fourth-order valence-electron chi connectivity index (χ4n) is 5.22. The summed E-state index contributed by atoms with van der Waals surface area (Å²) in [5.41, 5.74) is 5.48. The van der Waals surface area contributed by atoms with E-state index in [9.17, 15) is 4.79 Å². The van der Waals surface area contributed by atoms with Crippen LogP contribution in [0.4, 0.5) is 11.4 Å². The standard InChI is InChI=1S/C28H25BrN2O5/c1-33-23-8-7-15(11-24(23)34-2)16-9-21-27(22(32)10-16)28(31-20-6-4-3-5-19(20)30-21)17-12-25-26(13-18(17)29)36-14-35-25/h3-8,11-13,16,28,30-31H,9-10,14H2,1-2H3/t16-,28+/m0/s1. The molecule has 2 N–H and O–H groups in total. The Morgan fingerprint density at radius 2 is 1.67 bits per heavy atom. The highest BCUT2D eigenvalue weighted by Gasteiger charge is 2.37. The monoisotopic (exact) mass is 548 g/mol. The number of Topliss-reactive ketones (excluding diaryl/α,β-unsaturated/α-hetero) is 1. The first-order chi connectivity index (χ1) is 17.6. The van der Waals surface area contributed by atoms with Gasteiger partial charge in [0.2, 0.25) is 6.79 Å². The van der Waals surface area contributed by atoms with Gasteiger partial charge in [0.05, 0.1) is 31.6 Å². The van der Waals surface area contributed by atoms with Gasteiger partial charge in [-0.25, -0.2) is 0 Å². The predicted molar refractivity (Wildman–Crippen MR) is 140 cm³/mol. The van der Waals surface area contributed by atoms with Crippen molar-refractivity contribution in [2.24, 2.45) is 0 Å². The lowest BCUT2D eigenvalue weighted by Crippen LogP contribution is -2.27. The summed E-state index contributed by atoms with van der Waals surface area (Å²) < 4.78 is 23.0. The zero-order valence-electron chi connectivity index (χ0n) is 19.9. The quantitative estimate of drug-likeness (QED) is 0.403. The zero-order chi connectivity index (χ0) is 24.8. The maximum atomic E-state index is 13.9. The molecular formula is C28H25BrN2O5. The van der Waals surface area contributed by atoms with E-state index in [-0.39, 0.29) is 24.5 Å². The number of para-hydroxylation sites is 2. The van der Waals surface area contributed by atoms with Crippen molar-refractivity contribution in [3.05, 3.63) is 81.5 Å². The largest absolute Gasteiger partial charge is 0.493 e. The molecular weight excluding hydrogens is 524 g/mol. The minimum Gasteiger partial charge on any atom is -0.493 e. The van der Waals surface area contributed by atoms with Gasteiger partial charge >= 0.3 is 0 Å². The van der Waals surface area contributed by atoms with Gasteiger partial charge in [0.15, 0.2) is 28.8 Å². The molecule has 7 nitrogen and oxygen atoms in total. The number of nitrogens with one attached hydrogen (secondary N) is 2. The number of fused-ring (bicyclic) bond motifs is 2. The summed E-state index contributed by atoms with van der Waals surface area (Å²) in [6, 6.07) is 17.4. The molecule has 0 amide bonds. The number of benzene rings is 3. The van der Waals surface area contributed by atoms with Gasteiger partial charge in [-0.1, -0.05) is 34.1 Å². The smallest absolute Gasteiger partial charge is 0.231 e. The van der Waals surface area contributed by atoms with Crippen molar-refractivity contribution in [1.82, 2.24) is 0 Å². The maximum Gasteiger partial charge on any atom is 0.231 e. The van der Waals surface area contributed by atoms with Crippen molar-refractivity contribution in [1.29, 1.82) is 0 Å². The summed E-state index contributed by atoms with van der Waals surface area (Å²) >= 11 is 3.71. The van der Waals surface area contributed by atoms with Gasteiger partial charge in [-0.3, -0.25) is 4.79 Å². The molecule has 0 aromatic heterocycles. The second kappa shape index (κ2) is 9.09. The number of hydrogen-bond acceptors (Lipinski definition) is 7.